The Morgan fingerprint density at radius 1 is 1.25 bits per heavy atom. The Balaban J connectivity index is 1.68. The lowest BCUT2D eigenvalue weighted by molar-refractivity contribution is 0.0486. The summed E-state index contributed by atoms with van der Waals surface area (Å²) in [5.41, 5.74) is 2.38. The molecule has 0 unspecified atom stereocenters. The van der Waals surface area contributed by atoms with Crippen molar-refractivity contribution in [1.82, 2.24) is 4.90 Å². The topological polar surface area (TPSA) is 59.8 Å². The van der Waals surface area contributed by atoms with Gasteiger partial charge in [-0.3, -0.25) is 9.59 Å². The molecule has 1 fully saturated rings. The molecule has 2 aromatic heterocycles. The standard InChI is InChI=1S/C22H23NO4S/c1-14-5-6-17-18(24)11-20(27-19(17)10-14)22(25)23(12-16-4-3-8-26-16)13-21-15(2)7-9-28-21/h5-7,9-11,16H,3-4,8,12-13H2,1-2H3/t16-/m1/s1. The molecule has 28 heavy (non-hydrogen) atoms. The molecule has 0 aliphatic carbocycles. The lowest BCUT2D eigenvalue weighted by Gasteiger charge is -2.25. The van der Waals surface area contributed by atoms with E-state index in [-0.39, 0.29) is 23.2 Å². The van der Waals surface area contributed by atoms with Crippen LogP contribution in [0.2, 0.25) is 0 Å². The predicted octanol–water partition coefficient (Wildman–Crippen LogP) is 4.29. The van der Waals surface area contributed by atoms with Gasteiger partial charge in [-0.15, -0.1) is 11.3 Å². The average Bonchev–Trinajstić information content (AvgIpc) is 3.32. The lowest BCUT2D eigenvalue weighted by Crippen LogP contribution is -2.37. The molecule has 1 aliphatic rings. The first-order valence-electron chi connectivity index (χ1n) is 9.49. The van der Waals surface area contributed by atoms with Crippen molar-refractivity contribution < 1.29 is 13.9 Å². The molecule has 146 valence electrons. The second kappa shape index (κ2) is 7.89. The van der Waals surface area contributed by atoms with Crippen LogP contribution in [0.25, 0.3) is 11.0 Å². The third-order valence-corrected chi connectivity index (χ3v) is 6.14. The summed E-state index contributed by atoms with van der Waals surface area (Å²) in [4.78, 5) is 28.7. The van der Waals surface area contributed by atoms with Crippen molar-refractivity contribution in [3.63, 3.8) is 0 Å². The molecule has 1 saturated heterocycles. The molecule has 1 amide bonds. The number of carbonyl (C=O) groups excluding carboxylic acids is 1. The maximum absolute atomic E-state index is 13.3. The summed E-state index contributed by atoms with van der Waals surface area (Å²) in [7, 11) is 0. The van der Waals surface area contributed by atoms with Gasteiger partial charge in [0.05, 0.1) is 18.0 Å². The first-order valence-corrected chi connectivity index (χ1v) is 10.4. The quantitative estimate of drug-likeness (QED) is 0.644. The van der Waals surface area contributed by atoms with Crippen LogP contribution in [0.1, 0.15) is 39.4 Å². The number of thiophene rings is 1. The molecule has 1 aliphatic heterocycles. The average molecular weight is 397 g/mol. The molecular formula is C22H23NO4S. The Hall–Kier alpha value is -2.44. The van der Waals surface area contributed by atoms with Crippen molar-refractivity contribution in [1.29, 1.82) is 0 Å². The highest BCUT2D eigenvalue weighted by Crippen LogP contribution is 2.23. The van der Waals surface area contributed by atoms with Crippen LogP contribution in [0.15, 0.2) is 44.9 Å². The molecule has 0 radical (unpaired) electrons. The zero-order valence-corrected chi connectivity index (χ0v) is 16.9. The second-order valence-electron chi connectivity index (χ2n) is 7.32. The minimum Gasteiger partial charge on any atom is -0.451 e. The first-order chi connectivity index (χ1) is 13.5. The van der Waals surface area contributed by atoms with Gasteiger partial charge in [0, 0.05) is 24.1 Å². The van der Waals surface area contributed by atoms with Crippen molar-refractivity contribution in [2.24, 2.45) is 0 Å². The maximum atomic E-state index is 13.3. The second-order valence-corrected chi connectivity index (χ2v) is 8.32. The van der Waals surface area contributed by atoms with Gasteiger partial charge in [0.1, 0.15) is 5.58 Å². The fourth-order valence-electron chi connectivity index (χ4n) is 3.52. The summed E-state index contributed by atoms with van der Waals surface area (Å²) in [6, 6.07) is 8.76. The SMILES string of the molecule is Cc1ccc2c(=O)cc(C(=O)N(Cc3sccc3C)C[C@H]3CCCO3)oc2c1. The van der Waals surface area contributed by atoms with E-state index < -0.39 is 0 Å². The predicted molar refractivity (Wildman–Crippen MR) is 110 cm³/mol. The largest absolute Gasteiger partial charge is 0.451 e. The number of amides is 1. The molecule has 0 N–H and O–H groups in total. The molecule has 4 rings (SSSR count). The van der Waals surface area contributed by atoms with Gasteiger partial charge in [-0.25, -0.2) is 0 Å². The van der Waals surface area contributed by atoms with Gasteiger partial charge in [0.15, 0.2) is 11.2 Å². The third-order valence-electron chi connectivity index (χ3n) is 5.13. The monoisotopic (exact) mass is 397 g/mol. The lowest BCUT2D eigenvalue weighted by atomic mass is 10.1. The molecule has 0 bridgehead atoms. The summed E-state index contributed by atoms with van der Waals surface area (Å²) in [6.07, 6.45) is 1.97. The molecule has 3 heterocycles. The zero-order valence-electron chi connectivity index (χ0n) is 16.1. The summed E-state index contributed by atoms with van der Waals surface area (Å²) in [5, 5.41) is 2.51. The highest BCUT2D eigenvalue weighted by Gasteiger charge is 2.26. The van der Waals surface area contributed by atoms with E-state index in [0.29, 0.717) is 24.1 Å². The van der Waals surface area contributed by atoms with Crippen LogP contribution in [0, 0.1) is 13.8 Å². The van der Waals surface area contributed by atoms with Gasteiger partial charge >= 0.3 is 0 Å². The molecule has 5 nitrogen and oxygen atoms in total. The van der Waals surface area contributed by atoms with Crippen LogP contribution in [0.4, 0.5) is 0 Å². The number of benzene rings is 1. The van der Waals surface area contributed by atoms with E-state index >= 15 is 0 Å². The Morgan fingerprint density at radius 3 is 2.82 bits per heavy atom. The minimum atomic E-state index is -0.274. The number of nitrogens with zero attached hydrogens (tertiary/aromatic N) is 1. The van der Waals surface area contributed by atoms with E-state index in [2.05, 4.69) is 0 Å². The summed E-state index contributed by atoms with van der Waals surface area (Å²) in [6.45, 7) is 5.68. The van der Waals surface area contributed by atoms with E-state index in [1.54, 1.807) is 28.4 Å². The number of ether oxygens (including phenoxy) is 1. The number of fused-ring (bicyclic) bond motifs is 1. The Bertz CT molecular complexity index is 1060. The van der Waals surface area contributed by atoms with Gasteiger partial charge in [-0.05, 0) is 61.4 Å². The van der Waals surface area contributed by atoms with Gasteiger partial charge < -0.3 is 14.1 Å². The van der Waals surface area contributed by atoms with Crippen LogP contribution in [-0.4, -0.2) is 30.1 Å². The van der Waals surface area contributed by atoms with E-state index in [1.165, 1.54) is 6.07 Å². The molecular weight excluding hydrogens is 374 g/mol. The molecule has 1 aromatic carbocycles. The Kier molecular flexibility index (Phi) is 5.33. The molecule has 6 heteroatoms. The number of aryl methyl sites for hydroxylation is 2. The number of carbonyl (C=O) groups is 1. The van der Waals surface area contributed by atoms with E-state index in [0.717, 1.165) is 35.5 Å². The van der Waals surface area contributed by atoms with Crippen molar-refractivity contribution in [3.8, 4) is 0 Å². The van der Waals surface area contributed by atoms with Crippen molar-refractivity contribution in [2.45, 2.75) is 39.3 Å². The van der Waals surface area contributed by atoms with Crippen LogP contribution < -0.4 is 5.43 Å². The fourth-order valence-corrected chi connectivity index (χ4v) is 4.44. The zero-order chi connectivity index (χ0) is 19.7. The van der Waals surface area contributed by atoms with Gasteiger partial charge in [0.25, 0.3) is 5.91 Å². The molecule has 3 aromatic rings. The smallest absolute Gasteiger partial charge is 0.290 e. The van der Waals surface area contributed by atoms with Crippen molar-refractivity contribution in [3.05, 3.63) is 67.7 Å². The van der Waals surface area contributed by atoms with E-state index in [4.69, 9.17) is 9.15 Å². The normalized spacial score (nSPS) is 16.6. The third kappa shape index (κ3) is 3.88. The van der Waals surface area contributed by atoms with Crippen LogP contribution in [0.3, 0.4) is 0 Å². The first kappa shape index (κ1) is 18.9. The fraction of sp³-hybridized carbons (Fsp3) is 0.364. The van der Waals surface area contributed by atoms with Gasteiger partial charge in [0.2, 0.25) is 0 Å². The van der Waals surface area contributed by atoms with Crippen molar-refractivity contribution in [2.75, 3.05) is 13.2 Å². The Labute approximate surface area is 167 Å². The summed E-state index contributed by atoms with van der Waals surface area (Å²) >= 11 is 1.63. The van der Waals surface area contributed by atoms with Gasteiger partial charge in [-0.1, -0.05) is 6.07 Å². The van der Waals surface area contributed by atoms with Crippen LogP contribution >= 0.6 is 11.3 Å². The number of rotatable bonds is 5. The molecule has 1 atom stereocenters. The molecule has 0 spiro atoms. The van der Waals surface area contributed by atoms with E-state index in [1.807, 2.05) is 31.4 Å². The van der Waals surface area contributed by atoms with Crippen LogP contribution in [0.5, 0.6) is 0 Å². The van der Waals surface area contributed by atoms with E-state index in [9.17, 15) is 9.59 Å². The minimum absolute atomic E-state index is 0.0265. The summed E-state index contributed by atoms with van der Waals surface area (Å²) < 4.78 is 11.6. The maximum Gasteiger partial charge on any atom is 0.290 e. The highest BCUT2D eigenvalue weighted by molar-refractivity contribution is 7.10. The molecule has 0 saturated carbocycles. The summed E-state index contributed by atoms with van der Waals surface area (Å²) in [5.74, 6) is -0.195. The Morgan fingerprint density at radius 2 is 2.11 bits per heavy atom. The number of hydrogen-bond donors (Lipinski definition) is 0. The highest BCUT2D eigenvalue weighted by atomic mass is 32.1. The van der Waals surface area contributed by atoms with Gasteiger partial charge in [-0.2, -0.15) is 0 Å². The van der Waals surface area contributed by atoms with Crippen LogP contribution in [-0.2, 0) is 11.3 Å². The number of hydrogen-bond acceptors (Lipinski definition) is 5. The van der Waals surface area contributed by atoms with Crippen molar-refractivity contribution >= 4 is 28.2 Å².